The predicted molar refractivity (Wildman–Crippen MR) is 70.5 cm³/mol. The highest BCUT2D eigenvalue weighted by Gasteiger charge is 2.25. The van der Waals surface area contributed by atoms with Crippen LogP contribution in [0.15, 0.2) is 18.3 Å². The number of anilines is 1. The molecule has 0 amide bonds. The van der Waals surface area contributed by atoms with Gasteiger partial charge in [-0.1, -0.05) is 0 Å². The topological polar surface area (TPSA) is 71.6 Å². The monoisotopic (exact) mass is 251 g/mol. The molecule has 1 aromatic heterocycles. The van der Waals surface area contributed by atoms with E-state index in [-0.39, 0.29) is 24.9 Å². The lowest BCUT2D eigenvalue weighted by Crippen LogP contribution is -2.48. The Kier molecular flexibility index (Phi) is 4.16. The molecule has 1 fully saturated rings. The Bertz CT molecular complexity index is 398. The second kappa shape index (κ2) is 5.65. The van der Waals surface area contributed by atoms with E-state index in [4.69, 9.17) is 10.5 Å². The molecular formula is C13H21N3O2. The molecule has 5 nitrogen and oxygen atoms in total. The van der Waals surface area contributed by atoms with Crippen LogP contribution < -0.4 is 10.6 Å². The van der Waals surface area contributed by atoms with Crippen molar-refractivity contribution < 1.29 is 9.84 Å². The zero-order valence-electron chi connectivity index (χ0n) is 10.9. The fraction of sp³-hybridized carbons (Fsp3) is 0.615. The number of nitrogens with two attached hydrogens (primary N) is 1. The van der Waals surface area contributed by atoms with Gasteiger partial charge in [-0.3, -0.25) is 0 Å². The minimum Gasteiger partial charge on any atom is -0.394 e. The molecule has 2 rings (SSSR count). The number of aliphatic hydroxyl groups excluding tert-OH is 1. The normalized spacial score (nSPS) is 26.1. The number of hydrogen-bond donors (Lipinski definition) is 2. The summed E-state index contributed by atoms with van der Waals surface area (Å²) < 4.78 is 5.62. The molecule has 0 radical (unpaired) electrons. The lowest BCUT2D eigenvalue weighted by atomic mass is 10.1. The maximum atomic E-state index is 9.22. The number of hydrogen-bond acceptors (Lipinski definition) is 5. The highest BCUT2D eigenvalue weighted by atomic mass is 16.5. The summed E-state index contributed by atoms with van der Waals surface area (Å²) in [4.78, 5) is 6.52. The number of morpholine rings is 1. The smallest absolute Gasteiger partial charge is 0.128 e. The first-order chi connectivity index (χ1) is 8.60. The Morgan fingerprint density at radius 3 is 3.06 bits per heavy atom. The molecule has 1 aliphatic rings. The number of aliphatic hydroxyl groups is 1. The van der Waals surface area contributed by atoms with E-state index in [0.717, 1.165) is 17.9 Å². The summed E-state index contributed by atoms with van der Waals surface area (Å²) in [5, 5.41) is 9.22. The molecular weight excluding hydrogens is 230 g/mol. The maximum absolute atomic E-state index is 9.22. The van der Waals surface area contributed by atoms with Crippen molar-refractivity contribution in [3.63, 3.8) is 0 Å². The predicted octanol–water partition coefficient (Wildman–Crippen LogP) is 0.687. The van der Waals surface area contributed by atoms with Crippen LogP contribution in [-0.2, 0) is 4.74 Å². The van der Waals surface area contributed by atoms with Crippen molar-refractivity contribution in [2.24, 2.45) is 5.73 Å². The molecule has 5 heteroatoms. The van der Waals surface area contributed by atoms with Gasteiger partial charge in [0, 0.05) is 25.3 Å². The van der Waals surface area contributed by atoms with Crippen molar-refractivity contribution in [3.8, 4) is 0 Å². The Morgan fingerprint density at radius 1 is 1.61 bits per heavy atom. The fourth-order valence-electron chi connectivity index (χ4n) is 2.22. The van der Waals surface area contributed by atoms with Crippen molar-refractivity contribution >= 4 is 5.82 Å². The number of rotatable bonds is 3. The third-order valence-electron chi connectivity index (χ3n) is 3.15. The van der Waals surface area contributed by atoms with Crippen molar-refractivity contribution in [3.05, 3.63) is 23.9 Å². The van der Waals surface area contributed by atoms with Gasteiger partial charge < -0.3 is 20.5 Å². The largest absolute Gasteiger partial charge is 0.394 e. The van der Waals surface area contributed by atoms with Crippen LogP contribution in [0.5, 0.6) is 0 Å². The third-order valence-corrected chi connectivity index (χ3v) is 3.15. The fourth-order valence-corrected chi connectivity index (χ4v) is 2.22. The molecule has 1 saturated heterocycles. The molecule has 2 heterocycles. The van der Waals surface area contributed by atoms with Crippen LogP contribution in [0, 0.1) is 0 Å². The van der Waals surface area contributed by atoms with Crippen LogP contribution in [0.4, 0.5) is 5.82 Å². The zero-order valence-corrected chi connectivity index (χ0v) is 10.9. The lowest BCUT2D eigenvalue weighted by Gasteiger charge is -2.37. The van der Waals surface area contributed by atoms with Gasteiger partial charge in [0.2, 0.25) is 0 Å². The Morgan fingerprint density at radius 2 is 2.39 bits per heavy atom. The molecule has 0 spiro atoms. The van der Waals surface area contributed by atoms with E-state index >= 15 is 0 Å². The quantitative estimate of drug-likeness (QED) is 0.827. The van der Waals surface area contributed by atoms with E-state index in [9.17, 15) is 5.11 Å². The molecule has 3 atom stereocenters. The second-order valence-corrected chi connectivity index (χ2v) is 4.89. The summed E-state index contributed by atoms with van der Waals surface area (Å²) in [6.45, 7) is 5.44. The van der Waals surface area contributed by atoms with Gasteiger partial charge in [-0.2, -0.15) is 0 Å². The van der Waals surface area contributed by atoms with Crippen LogP contribution in [0.25, 0.3) is 0 Å². The van der Waals surface area contributed by atoms with Crippen molar-refractivity contribution in [1.82, 2.24) is 4.98 Å². The third kappa shape index (κ3) is 2.98. The Hall–Kier alpha value is -1.17. The molecule has 0 aliphatic carbocycles. The molecule has 100 valence electrons. The summed E-state index contributed by atoms with van der Waals surface area (Å²) >= 11 is 0. The standard InChI is InChI=1S/C13H21N3O2/c1-9-6-16(7-12(8-17)18-9)13-5-11(10(2)14)3-4-15-13/h3-5,9-10,12,17H,6-8,14H2,1-2H3/t9?,10-,12?/m0/s1. The highest BCUT2D eigenvalue weighted by molar-refractivity contribution is 5.42. The molecule has 1 aromatic rings. The molecule has 0 saturated carbocycles. The van der Waals surface area contributed by atoms with Gasteiger partial charge in [0.1, 0.15) is 5.82 Å². The SMILES string of the molecule is CC1CN(c2cc([C@H](C)N)ccn2)CC(CO)O1. The highest BCUT2D eigenvalue weighted by Crippen LogP contribution is 2.21. The van der Waals surface area contributed by atoms with Crippen molar-refractivity contribution in [1.29, 1.82) is 0 Å². The maximum Gasteiger partial charge on any atom is 0.128 e. The minimum atomic E-state index is -0.144. The molecule has 0 aromatic carbocycles. The van der Waals surface area contributed by atoms with Crippen LogP contribution in [-0.4, -0.2) is 42.0 Å². The molecule has 3 N–H and O–H groups in total. The van der Waals surface area contributed by atoms with Crippen LogP contribution >= 0.6 is 0 Å². The number of pyridine rings is 1. The summed E-state index contributed by atoms with van der Waals surface area (Å²) in [7, 11) is 0. The average Bonchev–Trinajstić information content (AvgIpc) is 2.38. The van der Waals surface area contributed by atoms with Crippen molar-refractivity contribution in [2.45, 2.75) is 32.1 Å². The van der Waals surface area contributed by atoms with Crippen LogP contribution in [0.3, 0.4) is 0 Å². The summed E-state index contributed by atoms with van der Waals surface area (Å²) in [6, 6.07) is 3.94. The summed E-state index contributed by atoms with van der Waals surface area (Å²) in [5.41, 5.74) is 6.95. The van der Waals surface area contributed by atoms with Gasteiger partial charge in [0.15, 0.2) is 0 Å². The first-order valence-electron chi connectivity index (χ1n) is 6.33. The van der Waals surface area contributed by atoms with E-state index in [1.807, 2.05) is 26.0 Å². The van der Waals surface area contributed by atoms with Gasteiger partial charge >= 0.3 is 0 Å². The first-order valence-corrected chi connectivity index (χ1v) is 6.33. The summed E-state index contributed by atoms with van der Waals surface area (Å²) in [5.74, 6) is 0.901. The van der Waals surface area contributed by atoms with Gasteiger partial charge in [0.05, 0.1) is 18.8 Å². The van der Waals surface area contributed by atoms with Gasteiger partial charge in [-0.15, -0.1) is 0 Å². The van der Waals surface area contributed by atoms with E-state index in [0.29, 0.717) is 6.54 Å². The van der Waals surface area contributed by atoms with E-state index in [2.05, 4.69) is 9.88 Å². The van der Waals surface area contributed by atoms with Gasteiger partial charge in [-0.25, -0.2) is 4.98 Å². The minimum absolute atomic E-state index is 0.00106. The van der Waals surface area contributed by atoms with E-state index in [1.54, 1.807) is 6.20 Å². The first kappa shape index (κ1) is 13.3. The number of aromatic nitrogens is 1. The Balaban J connectivity index is 2.17. The van der Waals surface area contributed by atoms with Crippen LogP contribution in [0.2, 0.25) is 0 Å². The number of ether oxygens (including phenoxy) is 1. The Labute approximate surface area is 108 Å². The van der Waals surface area contributed by atoms with Crippen molar-refractivity contribution in [2.75, 3.05) is 24.6 Å². The zero-order chi connectivity index (χ0) is 13.1. The van der Waals surface area contributed by atoms with E-state index < -0.39 is 0 Å². The molecule has 18 heavy (non-hydrogen) atoms. The average molecular weight is 251 g/mol. The second-order valence-electron chi connectivity index (χ2n) is 4.89. The molecule has 2 unspecified atom stereocenters. The van der Waals surface area contributed by atoms with E-state index in [1.165, 1.54) is 0 Å². The molecule has 0 bridgehead atoms. The molecule has 1 aliphatic heterocycles. The summed E-state index contributed by atoms with van der Waals surface area (Å²) in [6.07, 6.45) is 1.73. The van der Waals surface area contributed by atoms with Gasteiger partial charge in [-0.05, 0) is 31.5 Å². The van der Waals surface area contributed by atoms with Gasteiger partial charge in [0.25, 0.3) is 0 Å². The van der Waals surface area contributed by atoms with Crippen LogP contribution in [0.1, 0.15) is 25.5 Å². The number of nitrogens with zero attached hydrogens (tertiary/aromatic N) is 2. The lowest BCUT2D eigenvalue weighted by molar-refractivity contribution is -0.0423.